The molecule has 0 N–H and O–H groups in total. The third kappa shape index (κ3) is 4.86. The van der Waals surface area contributed by atoms with Crippen molar-refractivity contribution in [3.05, 3.63) is 0 Å². The Bertz CT molecular complexity index is 419. The highest BCUT2D eigenvalue weighted by molar-refractivity contribution is 7.86. The van der Waals surface area contributed by atoms with E-state index in [4.69, 9.17) is 0 Å². The number of nitrogens with zero attached hydrogens (tertiary/aromatic N) is 4. The predicted molar refractivity (Wildman–Crippen MR) is 85.8 cm³/mol. The normalized spacial score (nSPS) is 23.9. The van der Waals surface area contributed by atoms with Gasteiger partial charge in [0.1, 0.15) is 0 Å². The van der Waals surface area contributed by atoms with Crippen LogP contribution >= 0.6 is 0 Å². The number of alkyl halides is 1. The Balaban J connectivity index is 1.75. The molecule has 0 amide bonds. The number of piperazine rings is 2. The van der Waals surface area contributed by atoms with E-state index in [-0.39, 0.29) is 6.67 Å². The SMILES string of the molecule is CN1CCN(S(=O)(=O)N2CCN(CCCCCF)CC2)CC1. The monoisotopic (exact) mass is 336 g/mol. The maximum atomic E-state index is 12.6. The molecule has 2 rings (SSSR count). The van der Waals surface area contributed by atoms with Crippen LogP contribution in [0.15, 0.2) is 0 Å². The zero-order valence-electron chi connectivity index (χ0n) is 13.6. The molecule has 8 heteroatoms. The molecule has 0 radical (unpaired) electrons. The van der Waals surface area contributed by atoms with Crippen molar-refractivity contribution in [1.82, 2.24) is 18.4 Å². The van der Waals surface area contributed by atoms with E-state index in [0.29, 0.717) is 32.6 Å². The van der Waals surface area contributed by atoms with Gasteiger partial charge in [0.15, 0.2) is 0 Å². The number of rotatable bonds is 7. The average Bonchev–Trinajstić information content (AvgIpc) is 2.52. The standard InChI is InChI=1S/C14H29FN4O2S/c1-16-7-11-18(12-8-16)22(20,21)19-13-9-17(10-14-19)6-4-2-3-5-15/h2-14H2,1H3. The lowest BCUT2D eigenvalue weighted by Gasteiger charge is -2.39. The molecule has 0 aromatic carbocycles. The van der Waals surface area contributed by atoms with E-state index in [1.54, 1.807) is 8.61 Å². The van der Waals surface area contributed by atoms with E-state index in [2.05, 4.69) is 9.80 Å². The molecule has 0 spiro atoms. The van der Waals surface area contributed by atoms with Crippen LogP contribution in [0.3, 0.4) is 0 Å². The summed E-state index contributed by atoms with van der Waals surface area (Å²) in [6.07, 6.45) is 2.54. The average molecular weight is 336 g/mol. The zero-order valence-corrected chi connectivity index (χ0v) is 14.4. The molecule has 2 heterocycles. The predicted octanol–water partition coefficient (Wildman–Crippen LogP) is 0.236. The van der Waals surface area contributed by atoms with Gasteiger partial charge in [-0.15, -0.1) is 0 Å². The van der Waals surface area contributed by atoms with E-state index >= 15 is 0 Å². The molecule has 0 bridgehead atoms. The van der Waals surface area contributed by atoms with Crippen molar-refractivity contribution in [1.29, 1.82) is 0 Å². The summed E-state index contributed by atoms with van der Waals surface area (Å²) in [4.78, 5) is 4.44. The molecule has 2 aliphatic heterocycles. The summed E-state index contributed by atoms with van der Waals surface area (Å²) in [5.41, 5.74) is 0. The molecule has 0 unspecified atom stereocenters. The van der Waals surface area contributed by atoms with Crippen LogP contribution in [-0.2, 0) is 10.2 Å². The molecule has 0 atom stereocenters. The van der Waals surface area contributed by atoms with Crippen LogP contribution in [0.5, 0.6) is 0 Å². The molecule has 2 saturated heterocycles. The molecule has 22 heavy (non-hydrogen) atoms. The van der Waals surface area contributed by atoms with Crippen molar-refractivity contribution in [2.45, 2.75) is 19.3 Å². The molecule has 0 aliphatic carbocycles. The minimum absolute atomic E-state index is 0.239. The molecular weight excluding hydrogens is 307 g/mol. The Morgan fingerprint density at radius 1 is 0.818 bits per heavy atom. The van der Waals surface area contributed by atoms with Gasteiger partial charge >= 0.3 is 0 Å². The van der Waals surface area contributed by atoms with Crippen molar-refractivity contribution < 1.29 is 12.8 Å². The first-order chi connectivity index (χ1) is 10.5. The Labute approximate surface area is 134 Å². The second-order valence-corrected chi connectivity index (χ2v) is 8.13. The van der Waals surface area contributed by atoms with Gasteiger partial charge in [-0.2, -0.15) is 17.0 Å². The van der Waals surface area contributed by atoms with Crippen LogP contribution in [0.1, 0.15) is 19.3 Å². The second kappa shape index (κ2) is 8.54. The molecule has 130 valence electrons. The number of likely N-dealkylation sites (N-methyl/N-ethyl adjacent to an activating group) is 1. The lowest BCUT2D eigenvalue weighted by atomic mass is 10.2. The first-order valence-electron chi connectivity index (χ1n) is 8.26. The fourth-order valence-electron chi connectivity index (χ4n) is 2.97. The van der Waals surface area contributed by atoms with Gasteiger partial charge in [0.05, 0.1) is 6.67 Å². The van der Waals surface area contributed by atoms with E-state index in [1.807, 2.05) is 7.05 Å². The van der Waals surface area contributed by atoms with Gasteiger partial charge in [0.25, 0.3) is 10.2 Å². The lowest BCUT2D eigenvalue weighted by Crippen LogP contribution is -2.56. The fraction of sp³-hybridized carbons (Fsp3) is 1.00. The van der Waals surface area contributed by atoms with Gasteiger partial charge in [0.2, 0.25) is 0 Å². The molecular formula is C14H29FN4O2S. The number of hydrogen-bond acceptors (Lipinski definition) is 4. The molecule has 0 saturated carbocycles. The van der Waals surface area contributed by atoms with Gasteiger partial charge in [-0.3, -0.25) is 4.39 Å². The van der Waals surface area contributed by atoms with Crippen LogP contribution in [0.4, 0.5) is 4.39 Å². The van der Waals surface area contributed by atoms with E-state index in [9.17, 15) is 12.8 Å². The third-order valence-electron chi connectivity index (χ3n) is 4.55. The first kappa shape index (κ1) is 18.1. The Hall–Kier alpha value is -0.280. The Morgan fingerprint density at radius 2 is 1.36 bits per heavy atom. The van der Waals surface area contributed by atoms with E-state index in [0.717, 1.165) is 45.6 Å². The summed E-state index contributed by atoms with van der Waals surface area (Å²) in [6.45, 7) is 6.17. The van der Waals surface area contributed by atoms with E-state index < -0.39 is 10.2 Å². The van der Waals surface area contributed by atoms with Crippen LogP contribution in [0.2, 0.25) is 0 Å². The second-order valence-electron chi connectivity index (χ2n) is 6.20. The molecule has 0 aromatic rings. The Kier molecular flexibility index (Phi) is 7.01. The molecule has 2 fully saturated rings. The van der Waals surface area contributed by atoms with Crippen molar-refractivity contribution >= 4 is 10.2 Å². The molecule has 6 nitrogen and oxygen atoms in total. The maximum absolute atomic E-state index is 12.6. The summed E-state index contributed by atoms with van der Waals surface area (Å²) in [6, 6.07) is 0. The van der Waals surface area contributed by atoms with Crippen LogP contribution in [-0.4, -0.2) is 99.5 Å². The number of unbranched alkanes of at least 4 members (excludes halogenated alkanes) is 2. The molecule has 0 aromatic heterocycles. The van der Waals surface area contributed by atoms with Gasteiger partial charge in [-0.05, 0) is 32.9 Å². The smallest absolute Gasteiger partial charge is 0.282 e. The Morgan fingerprint density at radius 3 is 1.91 bits per heavy atom. The first-order valence-corrected chi connectivity index (χ1v) is 9.66. The largest absolute Gasteiger partial charge is 0.304 e. The fourth-order valence-corrected chi connectivity index (χ4v) is 4.55. The molecule has 2 aliphatic rings. The van der Waals surface area contributed by atoms with Crippen molar-refractivity contribution in [2.24, 2.45) is 0 Å². The van der Waals surface area contributed by atoms with Crippen LogP contribution in [0, 0.1) is 0 Å². The third-order valence-corrected chi connectivity index (χ3v) is 6.59. The van der Waals surface area contributed by atoms with Gasteiger partial charge in [0, 0.05) is 52.4 Å². The lowest BCUT2D eigenvalue weighted by molar-refractivity contribution is 0.167. The minimum atomic E-state index is -3.30. The highest BCUT2D eigenvalue weighted by Gasteiger charge is 2.33. The summed E-state index contributed by atoms with van der Waals surface area (Å²) in [5.74, 6) is 0. The van der Waals surface area contributed by atoms with Crippen LogP contribution < -0.4 is 0 Å². The van der Waals surface area contributed by atoms with Gasteiger partial charge in [-0.25, -0.2) is 0 Å². The highest BCUT2D eigenvalue weighted by Crippen LogP contribution is 2.14. The van der Waals surface area contributed by atoms with Gasteiger partial charge in [-0.1, -0.05) is 0 Å². The number of halogens is 1. The summed E-state index contributed by atoms with van der Waals surface area (Å²) in [7, 11) is -1.28. The zero-order chi connectivity index (χ0) is 16.0. The van der Waals surface area contributed by atoms with Crippen LogP contribution in [0.25, 0.3) is 0 Å². The minimum Gasteiger partial charge on any atom is -0.304 e. The highest BCUT2D eigenvalue weighted by atomic mass is 32.2. The summed E-state index contributed by atoms with van der Waals surface area (Å²) < 4.78 is 40.5. The topological polar surface area (TPSA) is 47.1 Å². The summed E-state index contributed by atoms with van der Waals surface area (Å²) >= 11 is 0. The number of hydrogen-bond donors (Lipinski definition) is 0. The van der Waals surface area contributed by atoms with Crippen molar-refractivity contribution in [3.8, 4) is 0 Å². The summed E-state index contributed by atoms with van der Waals surface area (Å²) in [5, 5.41) is 0. The van der Waals surface area contributed by atoms with E-state index in [1.165, 1.54) is 0 Å². The quantitative estimate of drug-likeness (QED) is 0.625. The van der Waals surface area contributed by atoms with Gasteiger partial charge < -0.3 is 9.80 Å². The van der Waals surface area contributed by atoms with Crippen molar-refractivity contribution in [3.63, 3.8) is 0 Å². The van der Waals surface area contributed by atoms with Crippen molar-refractivity contribution in [2.75, 3.05) is 72.6 Å². The maximum Gasteiger partial charge on any atom is 0.282 e.